The summed E-state index contributed by atoms with van der Waals surface area (Å²) in [6, 6.07) is -2.24. The molecule has 2 aliphatic rings. The number of amides is 2. The van der Waals surface area contributed by atoms with E-state index in [4.69, 9.17) is 11.6 Å². The summed E-state index contributed by atoms with van der Waals surface area (Å²) in [5.41, 5.74) is -0.959. The fraction of sp³-hybridized carbons (Fsp3) is 0.474. The molecule has 3 atom stereocenters. The SMILES string of the molecule is Cc1nnc(SCC2=C(C(=O)O)N3C(=O)[C@H](NC(=O)[C@@H](C)n4nc(C(F)(F)F)c(Cl)c4C)[C@H]3SC2)s1. The van der Waals surface area contributed by atoms with E-state index in [2.05, 4.69) is 20.6 Å². The Kier molecular flexibility index (Phi) is 7.34. The van der Waals surface area contributed by atoms with Gasteiger partial charge in [-0.15, -0.1) is 22.0 Å². The number of hydrogen-bond acceptors (Lipinski definition) is 9. The van der Waals surface area contributed by atoms with Gasteiger partial charge < -0.3 is 10.4 Å². The molecule has 4 rings (SSSR count). The molecule has 194 valence electrons. The molecule has 2 aromatic heterocycles. The Balaban J connectivity index is 1.47. The van der Waals surface area contributed by atoms with E-state index in [1.807, 2.05) is 0 Å². The third-order valence-corrected chi connectivity index (χ3v) is 9.37. The second-order valence-corrected chi connectivity index (χ2v) is 11.8. The molecule has 10 nitrogen and oxygen atoms in total. The van der Waals surface area contributed by atoms with Gasteiger partial charge in [-0.25, -0.2) is 4.79 Å². The number of aliphatic carboxylic acids is 1. The number of alkyl halides is 3. The van der Waals surface area contributed by atoms with Gasteiger partial charge >= 0.3 is 12.1 Å². The van der Waals surface area contributed by atoms with Crippen molar-refractivity contribution in [3.63, 3.8) is 0 Å². The van der Waals surface area contributed by atoms with Crippen LogP contribution in [0.3, 0.4) is 0 Å². The molecule has 2 aromatic rings. The van der Waals surface area contributed by atoms with Gasteiger partial charge in [-0.1, -0.05) is 34.7 Å². The van der Waals surface area contributed by atoms with E-state index >= 15 is 0 Å². The van der Waals surface area contributed by atoms with Crippen LogP contribution >= 0.6 is 46.5 Å². The van der Waals surface area contributed by atoms with Gasteiger partial charge in [0.15, 0.2) is 10.0 Å². The topological polar surface area (TPSA) is 130 Å². The van der Waals surface area contributed by atoms with E-state index < -0.39 is 52.1 Å². The number of carboxylic acids is 1. The van der Waals surface area contributed by atoms with Crippen molar-refractivity contribution in [2.45, 2.75) is 48.7 Å². The zero-order valence-electron chi connectivity index (χ0n) is 18.8. The Labute approximate surface area is 219 Å². The lowest BCUT2D eigenvalue weighted by molar-refractivity contribution is -0.151. The second kappa shape index (κ2) is 9.87. The minimum Gasteiger partial charge on any atom is -0.477 e. The molecule has 2 aliphatic heterocycles. The van der Waals surface area contributed by atoms with Gasteiger partial charge in [0.05, 0.1) is 10.7 Å². The molecule has 17 heteroatoms. The fourth-order valence-corrected chi connectivity index (χ4v) is 7.25. The van der Waals surface area contributed by atoms with Gasteiger partial charge in [0, 0.05) is 11.5 Å². The van der Waals surface area contributed by atoms with Crippen LogP contribution in [0.15, 0.2) is 15.6 Å². The number of halogens is 4. The van der Waals surface area contributed by atoms with Crippen molar-refractivity contribution in [3.05, 3.63) is 32.7 Å². The first-order chi connectivity index (χ1) is 16.8. The molecule has 0 aromatic carbocycles. The predicted octanol–water partition coefficient (Wildman–Crippen LogP) is 3.12. The summed E-state index contributed by atoms with van der Waals surface area (Å²) in [5, 5.41) is 23.2. The highest BCUT2D eigenvalue weighted by molar-refractivity contribution is 8.01. The molecule has 0 unspecified atom stereocenters. The second-order valence-electron chi connectivity index (χ2n) is 7.90. The maximum atomic E-state index is 13.1. The van der Waals surface area contributed by atoms with Crippen molar-refractivity contribution in [2.24, 2.45) is 0 Å². The van der Waals surface area contributed by atoms with Crippen LogP contribution in [0.1, 0.15) is 29.4 Å². The largest absolute Gasteiger partial charge is 0.477 e. The standard InChI is InChI=1S/C19H18ClF3N6O4S3/c1-6-10(20)13(19(21,22)23)27-29(6)7(2)14(30)24-11-15(31)28-12(17(32)33)9(4-34-16(11)28)5-35-18-26-25-8(3)36-18/h7,11,16H,4-5H2,1-3H3,(H,24,30)(H,32,33)/t7-,11+,16-/m1/s1. The third kappa shape index (κ3) is 4.82. The molecular weight excluding hydrogens is 565 g/mol. The molecule has 0 radical (unpaired) electrons. The van der Waals surface area contributed by atoms with Gasteiger partial charge in [-0.2, -0.15) is 18.3 Å². The normalized spacial score (nSPS) is 20.8. The molecule has 0 aliphatic carbocycles. The van der Waals surface area contributed by atoms with E-state index in [1.165, 1.54) is 48.7 Å². The number of thioether (sulfide) groups is 2. The first-order valence-corrected chi connectivity index (χ1v) is 13.5. The maximum Gasteiger partial charge on any atom is 0.436 e. The summed E-state index contributed by atoms with van der Waals surface area (Å²) in [4.78, 5) is 38.8. The van der Waals surface area contributed by atoms with Crippen molar-refractivity contribution in [3.8, 4) is 0 Å². The molecule has 2 amide bonds. The highest BCUT2D eigenvalue weighted by Crippen LogP contribution is 2.42. The first-order valence-electron chi connectivity index (χ1n) is 10.3. The number of carbonyl (C=O) groups is 3. The van der Waals surface area contributed by atoms with Crippen LogP contribution in [0.5, 0.6) is 0 Å². The minimum atomic E-state index is -4.79. The minimum absolute atomic E-state index is 0.0518. The predicted molar refractivity (Wildman–Crippen MR) is 127 cm³/mol. The highest BCUT2D eigenvalue weighted by Gasteiger charge is 2.54. The highest BCUT2D eigenvalue weighted by atomic mass is 35.5. The monoisotopic (exact) mass is 582 g/mol. The fourth-order valence-electron chi connectivity index (χ4n) is 3.72. The summed E-state index contributed by atoms with van der Waals surface area (Å²) in [5.74, 6) is -2.03. The number of aromatic nitrogens is 4. The molecule has 0 spiro atoms. The van der Waals surface area contributed by atoms with Crippen molar-refractivity contribution in [1.29, 1.82) is 0 Å². The zero-order valence-corrected chi connectivity index (χ0v) is 22.0. The Bertz CT molecular complexity index is 1280. The quantitative estimate of drug-likeness (QED) is 0.373. The van der Waals surface area contributed by atoms with Crippen LogP contribution in [0.4, 0.5) is 13.2 Å². The molecule has 0 saturated carbocycles. The molecular formula is C19H18ClF3N6O4S3. The number of rotatable bonds is 7. The van der Waals surface area contributed by atoms with Crippen LogP contribution < -0.4 is 5.32 Å². The number of aryl methyl sites for hydroxylation is 1. The smallest absolute Gasteiger partial charge is 0.436 e. The van der Waals surface area contributed by atoms with Gasteiger partial charge in [-0.05, 0) is 26.3 Å². The van der Waals surface area contributed by atoms with Crippen LogP contribution in [0.2, 0.25) is 5.02 Å². The number of nitrogens with zero attached hydrogens (tertiary/aromatic N) is 5. The molecule has 1 saturated heterocycles. The molecule has 4 heterocycles. The molecule has 2 N–H and O–H groups in total. The van der Waals surface area contributed by atoms with E-state index in [0.29, 0.717) is 21.4 Å². The molecule has 1 fully saturated rings. The lowest BCUT2D eigenvalue weighted by Gasteiger charge is -2.49. The van der Waals surface area contributed by atoms with Gasteiger partial charge in [0.1, 0.15) is 28.2 Å². The Hall–Kier alpha value is -2.30. The first kappa shape index (κ1) is 26.8. The number of hydrogen-bond donors (Lipinski definition) is 2. The summed E-state index contributed by atoms with van der Waals surface area (Å²) < 4.78 is 40.9. The van der Waals surface area contributed by atoms with Crippen molar-refractivity contribution < 1.29 is 32.7 Å². The van der Waals surface area contributed by atoms with Crippen molar-refractivity contribution in [2.75, 3.05) is 11.5 Å². The van der Waals surface area contributed by atoms with E-state index in [-0.39, 0.29) is 11.4 Å². The summed E-state index contributed by atoms with van der Waals surface area (Å²) in [7, 11) is 0. The number of carboxylic acid groups (broad SMARTS) is 1. The van der Waals surface area contributed by atoms with Crippen LogP contribution in [0, 0.1) is 13.8 Å². The summed E-state index contributed by atoms with van der Waals surface area (Å²) >= 11 is 9.74. The van der Waals surface area contributed by atoms with E-state index in [9.17, 15) is 32.7 Å². The lowest BCUT2D eigenvalue weighted by atomic mass is 10.0. The van der Waals surface area contributed by atoms with Crippen molar-refractivity contribution in [1.82, 2.24) is 30.2 Å². The van der Waals surface area contributed by atoms with Crippen LogP contribution in [0.25, 0.3) is 0 Å². The molecule has 36 heavy (non-hydrogen) atoms. The summed E-state index contributed by atoms with van der Waals surface area (Å²) in [6.45, 7) is 4.43. The van der Waals surface area contributed by atoms with Gasteiger partial charge in [-0.3, -0.25) is 19.2 Å². The average Bonchev–Trinajstić information content (AvgIpc) is 3.36. The van der Waals surface area contributed by atoms with Gasteiger partial charge in [0.2, 0.25) is 5.91 Å². The molecule has 0 bridgehead atoms. The Morgan fingerprint density at radius 2 is 2.03 bits per heavy atom. The number of fused-ring (bicyclic) bond motifs is 1. The number of carbonyl (C=O) groups excluding carboxylic acids is 2. The van der Waals surface area contributed by atoms with Crippen molar-refractivity contribution >= 4 is 64.2 Å². The lowest BCUT2D eigenvalue weighted by Crippen LogP contribution is -2.71. The third-order valence-electron chi connectivity index (χ3n) is 5.52. The zero-order chi connectivity index (χ0) is 26.5. The Morgan fingerprint density at radius 1 is 1.33 bits per heavy atom. The van der Waals surface area contributed by atoms with Crippen LogP contribution in [-0.4, -0.2) is 70.7 Å². The van der Waals surface area contributed by atoms with Crippen LogP contribution in [-0.2, 0) is 20.6 Å². The van der Waals surface area contributed by atoms with E-state index in [0.717, 1.165) is 14.6 Å². The average molecular weight is 583 g/mol. The maximum absolute atomic E-state index is 13.1. The van der Waals surface area contributed by atoms with Gasteiger partial charge in [0.25, 0.3) is 5.91 Å². The summed E-state index contributed by atoms with van der Waals surface area (Å²) in [6.07, 6.45) is -4.79. The number of nitrogens with one attached hydrogen (secondary N) is 1. The van der Waals surface area contributed by atoms with E-state index in [1.54, 1.807) is 6.92 Å². The Morgan fingerprint density at radius 3 is 2.58 bits per heavy atom. The number of β-lactam (4-membered cyclic amide) rings is 1.